The number of aryl methyl sites for hydroxylation is 1. The number of para-hydroxylation sites is 1. The molecule has 2 aromatic heterocycles. The molecular weight excluding hydrogens is 701 g/mol. The number of amides is 2. The maximum atomic E-state index is 14.8. The number of rotatable bonds is 8. The summed E-state index contributed by atoms with van der Waals surface area (Å²) in [4.78, 5) is 59.5. The number of pyridine rings is 1. The molecule has 0 saturated carbocycles. The highest BCUT2D eigenvalue weighted by Crippen LogP contribution is 2.40. The summed E-state index contributed by atoms with van der Waals surface area (Å²) in [5.41, 5.74) is 2.18. The fraction of sp³-hybridized carbons (Fsp3) is 0.395. The van der Waals surface area contributed by atoms with E-state index in [0.717, 1.165) is 37.4 Å². The number of fused-ring (bicyclic) bond motifs is 2. The molecule has 2 atom stereocenters. The van der Waals surface area contributed by atoms with Gasteiger partial charge in [0.25, 0.3) is 23.0 Å². The third-order valence-electron chi connectivity index (χ3n) is 10.4. The smallest absolute Gasteiger partial charge is 0.276 e. The van der Waals surface area contributed by atoms with Crippen LogP contribution in [0.15, 0.2) is 66.1 Å². The number of halogens is 2. The Labute approximate surface area is 312 Å². The van der Waals surface area contributed by atoms with Crippen molar-refractivity contribution in [2.75, 3.05) is 86.5 Å². The molecule has 2 aromatic carbocycles. The second kappa shape index (κ2) is 15.0. The van der Waals surface area contributed by atoms with Crippen molar-refractivity contribution in [3.63, 3.8) is 0 Å². The lowest BCUT2D eigenvalue weighted by molar-refractivity contribution is -0.135. The van der Waals surface area contributed by atoms with Gasteiger partial charge in [-0.3, -0.25) is 19.0 Å². The van der Waals surface area contributed by atoms with E-state index in [1.165, 1.54) is 11.0 Å². The third-order valence-corrected chi connectivity index (χ3v) is 10.6. The molecular formula is C38H43ClFN9O4. The lowest BCUT2D eigenvalue weighted by Crippen LogP contribution is -2.46. The molecule has 2 amide bonds. The Hall–Kier alpha value is -5.21. The fourth-order valence-electron chi connectivity index (χ4n) is 7.59. The first-order valence-electron chi connectivity index (χ1n) is 17.8. The quantitative estimate of drug-likeness (QED) is 0.196. The minimum atomic E-state index is -2.18. The summed E-state index contributed by atoms with van der Waals surface area (Å²) in [5, 5.41) is 3.87. The number of likely N-dealkylation sites (N-methyl/N-ethyl adjacent to an activating group) is 1. The summed E-state index contributed by atoms with van der Waals surface area (Å²) in [6.07, 6.45) is 4.03. The van der Waals surface area contributed by atoms with Gasteiger partial charge < -0.3 is 34.6 Å². The lowest BCUT2D eigenvalue weighted by atomic mass is 10.0. The zero-order chi connectivity index (χ0) is 37.4. The molecule has 7 rings (SSSR count). The summed E-state index contributed by atoms with van der Waals surface area (Å²) < 4.78 is 21.4. The number of nitrogens with one attached hydrogen (secondary N) is 1. The molecule has 0 radical (unpaired) electrons. The van der Waals surface area contributed by atoms with Gasteiger partial charge in [-0.15, -0.1) is 0 Å². The molecule has 278 valence electrons. The summed E-state index contributed by atoms with van der Waals surface area (Å²) in [6, 6.07) is 12.9. The van der Waals surface area contributed by atoms with Gasteiger partial charge in [0.2, 0.25) is 5.95 Å². The molecule has 0 bridgehead atoms. The van der Waals surface area contributed by atoms with Gasteiger partial charge in [0.1, 0.15) is 17.1 Å². The molecule has 2 fully saturated rings. The summed E-state index contributed by atoms with van der Waals surface area (Å²) in [6.45, 7) is 10.4. The number of piperidine rings is 1. The van der Waals surface area contributed by atoms with E-state index in [1.54, 1.807) is 28.8 Å². The van der Waals surface area contributed by atoms with Crippen LogP contribution >= 0.6 is 11.6 Å². The summed E-state index contributed by atoms with van der Waals surface area (Å²) in [7, 11) is 3.73. The summed E-state index contributed by atoms with van der Waals surface area (Å²) in [5.74, 6) is -0.201. The molecule has 1 N–H and O–H groups in total. The van der Waals surface area contributed by atoms with Gasteiger partial charge in [0.15, 0.2) is 0 Å². The van der Waals surface area contributed by atoms with Crippen LogP contribution in [0.2, 0.25) is 0 Å². The Morgan fingerprint density at radius 3 is 2.60 bits per heavy atom. The van der Waals surface area contributed by atoms with Crippen LogP contribution in [0.1, 0.15) is 24.4 Å². The number of hydrogen-bond donors (Lipinski definition) is 1. The molecule has 5 heterocycles. The number of benzene rings is 2. The highest BCUT2D eigenvalue weighted by Gasteiger charge is 2.34. The van der Waals surface area contributed by atoms with E-state index in [-0.39, 0.29) is 24.0 Å². The number of ether oxygens (including phenoxy) is 1. The molecule has 3 aliphatic rings. The first kappa shape index (κ1) is 36.2. The van der Waals surface area contributed by atoms with Crippen LogP contribution in [0, 0.1) is 6.92 Å². The Balaban J connectivity index is 1.31. The van der Waals surface area contributed by atoms with Crippen LogP contribution in [0.4, 0.5) is 38.8 Å². The number of nitrogens with zero attached hydrogens (tertiary/aromatic N) is 8. The van der Waals surface area contributed by atoms with E-state index < -0.39 is 17.6 Å². The van der Waals surface area contributed by atoms with E-state index in [2.05, 4.69) is 33.7 Å². The van der Waals surface area contributed by atoms with Crippen molar-refractivity contribution in [2.24, 2.45) is 0 Å². The standard InChI is InChI=1S/C38H43ClFN9O4/c1-5-32(50)48-19-18-47(29-10-6-8-24(2)33(29)48)30-20-25-22-41-38(42-28-12-11-26(21-31(28)53-4)45-16-14-44(3)15-17-45)43-35(25)49(36(30)51)27-9-7-13-46(23-27)37(52)34(39)40/h5-6,8,10-12,20-22,27,34H,1,7,9,13-19,23H2,2-4H3,(H,41,42,43)/t27-,34?/m1/s1. The monoisotopic (exact) mass is 743 g/mol. The van der Waals surface area contributed by atoms with Gasteiger partial charge in [-0.2, -0.15) is 4.98 Å². The van der Waals surface area contributed by atoms with Crippen LogP contribution in [0.3, 0.4) is 0 Å². The summed E-state index contributed by atoms with van der Waals surface area (Å²) >= 11 is 5.58. The van der Waals surface area contributed by atoms with Crippen LogP contribution < -0.4 is 30.3 Å². The van der Waals surface area contributed by atoms with Gasteiger partial charge in [0, 0.05) is 75.7 Å². The van der Waals surface area contributed by atoms with Gasteiger partial charge in [-0.25, -0.2) is 9.37 Å². The Morgan fingerprint density at radius 1 is 1.08 bits per heavy atom. The average Bonchev–Trinajstić information content (AvgIpc) is 3.17. The maximum Gasteiger partial charge on any atom is 0.276 e. The number of methoxy groups -OCH3 is 1. The molecule has 0 spiro atoms. The van der Waals surface area contributed by atoms with Crippen molar-refractivity contribution in [3.05, 3.63) is 77.2 Å². The predicted octanol–water partition coefficient (Wildman–Crippen LogP) is 4.97. The van der Waals surface area contributed by atoms with Crippen molar-refractivity contribution in [1.29, 1.82) is 0 Å². The van der Waals surface area contributed by atoms with Gasteiger partial charge in [-0.1, -0.05) is 30.3 Å². The molecule has 53 heavy (non-hydrogen) atoms. The molecule has 2 saturated heterocycles. The van der Waals surface area contributed by atoms with Crippen LogP contribution in [0.5, 0.6) is 5.75 Å². The Bertz CT molecular complexity index is 2120. The van der Waals surface area contributed by atoms with Crippen LogP contribution in [-0.4, -0.2) is 108 Å². The van der Waals surface area contributed by atoms with E-state index in [0.29, 0.717) is 72.0 Å². The number of piperazine rings is 1. The lowest BCUT2D eigenvalue weighted by Gasteiger charge is -2.39. The second-order valence-corrected chi connectivity index (χ2v) is 14.0. The number of carbonyl (C=O) groups is 2. The van der Waals surface area contributed by atoms with Crippen molar-refractivity contribution in [2.45, 2.75) is 31.4 Å². The highest BCUT2D eigenvalue weighted by atomic mass is 35.5. The molecule has 13 nitrogen and oxygen atoms in total. The normalized spacial score (nSPS) is 18.5. The first-order valence-corrected chi connectivity index (χ1v) is 18.2. The molecule has 0 aliphatic carbocycles. The number of carbonyl (C=O) groups excluding carboxylic acids is 2. The van der Waals surface area contributed by atoms with Crippen molar-refractivity contribution < 1.29 is 18.7 Å². The van der Waals surface area contributed by atoms with Crippen molar-refractivity contribution >= 4 is 68.8 Å². The molecule has 1 unspecified atom stereocenters. The largest absolute Gasteiger partial charge is 0.494 e. The fourth-order valence-corrected chi connectivity index (χ4v) is 7.73. The minimum absolute atomic E-state index is 0.0794. The number of anilines is 6. The highest BCUT2D eigenvalue weighted by molar-refractivity contribution is 6.29. The predicted molar refractivity (Wildman–Crippen MR) is 206 cm³/mol. The minimum Gasteiger partial charge on any atom is -0.494 e. The SMILES string of the molecule is C=CC(=O)N1CCN(c2cc3cnc(Nc4ccc(N5CCN(C)CC5)cc4OC)nc3n([C@@H]3CCCN(C(=O)C(F)Cl)C3)c2=O)c2cccc(C)c21. The molecule has 3 aliphatic heterocycles. The van der Waals surface area contributed by atoms with Gasteiger partial charge >= 0.3 is 0 Å². The molecule has 4 aromatic rings. The Morgan fingerprint density at radius 2 is 1.87 bits per heavy atom. The Kier molecular flexibility index (Phi) is 10.3. The topological polar surface area (TPSA) is 119 Å². The maximum absolute atomic E-state index is 14.8. The van der Waals surface area contributed by atoms with E-state index in [1.807, 2.05) is 48.2 Å². The van der Waals surface area contributed by atoms with Crippen LogP contribution in [0.25, 0.3) is 11.0 Å². The van der Waals surface area contributed by atoms with E-state index in [9.17, 15) is 18.8 Å². The van der Waals surface area contributed by atoms with E-state index >= 15 is 0 Å². The van der Waals surface area contributed by atoms with Gasteiger partial charge in [-0.05, 0) is 62.7 Å². The second-order valence-electron chi connectivity index (χ2n) is 13.6. The van der Waals surface area contributed by atoms with Crippen molar-refractivity contribution in [1.82, 2.24) is 24.3 Å². The number of hydrogen-bond acceptors (Lipinski definition) is 10. The zero-order valence-electron chi connectivity index (χ0n) is 30.1. The van der Waals surface area contributed by atoms with E-state index in [4.69, 9.17) is 21.3 Å². The third kappa shape index (κ3) is 7.00. The van der Waals surface area contributed by atoms with Crippen molar-refractivity contribution in [3.8, 4) is 5.75 Å². The molecule has 15 heteroatoms. The number of likely N-dealkylation sites (tertiary alicyclic amines) is 1. The van der Waals surface area contributed by atoms with Crippen LogP contribution in [-0.2, 0) is 9.59 Å². The first-order chi connectivity index (χ1) is 25.6. The van der Waals surface area contributed by atoms with Gasteiger partial charge in [0.05, 0.1) is 30.2 Å². The average molecular weight is 744 g/mol. The number of aromatic nitrogens is 3. The number of alkyl halides is 2. The zero-order valence-corrected chi connectivity index (χ0v) is 30.9.